The summed E-state index contributed by atoms with van der Waals surface area (Å²) in [4.78, 5) is 12.2. The van der Waals surface area contributed by atoms with Crippen LogP contribution in [-0.4, -0.2) is 15.7 Å². The molecule has 1 N–H and O–H groups in total. The summed E-state index contributed by atoms with van der Waals surface area (Å²) in [5, 5.41) is 7.22. The predicted octanol–water partition coefficient (Wildman–Crippen LogP) is 4.13. The lowest BCUT2D eigenvalue weighted by atomic mass is 10.0. The smallest absolute Gasteiger partial charge is 0.224 e. The molecule has 0 bridgehead atoms. The first-order chi connectivity index (χ1) is 13.2. The standard InChI is InChI=1S/C23H27N3O/c1-2-3-5-19-6-8-20(9-7-19)16-23(27)24-17-21-10-12-22(13-11-21)18-26-15-4-14-25-26/h4,6-15H,2-3,5,16-18H2,1H3,(H,24,27). The Labute approximate surface area is 161 Å². The summed E-state index contributed by atoms with van der Waals surface area (Å²) in [6.07, 6.45) is 7.67. The van der Waals surface area contributed by atoms with Gasteiger partial charge >= 0.3 is 0 Å². The number of aryl methyl sites for hydroxylation is 1. The van der Waals surface area contributed by atoms with Gasteiger partial charge < -0.3 is 5.32 Å². The van der Waals surface area contributed by atoms with Crippen LogP contribution in [0.1, 0.15) is 42.0 Å². The second kappa shape index (κ2) is 9.72. The molecular weight excluding hydrogens is 334 g/mol. The molecule has 0 spiro atoms. The van der Waals surface area contributed by atoms with Gasteiger partial charge in [0.2, 0.25) is 5.91 Å². The first-order valence-corrected chi connectivity index (χ1v) is 9.62. The minimum Gasteiger partial charge on any atom is -0.352 e. The van der Waals surface area contributed by atoms with Gasteiger partial charge in [0, 0.05) is 18.9 Å². The fourth-order valence-corrected chi connectivity index (χ4v) is 3.00. The monoisotopic (exact) mass is 361 g/mol. The Balaban J connectivity index is 1.44. The fourth-order valence-electron chi connectivity index (χ4n) is 3.00. The van der Waals surface area contributed by atoms with Gasteiger partial charge in [-0.1, -0.05) is 61.9 Å². The SMILES string of the molecule is CCCCc1ccc(CC(=O)NCc2ccc(Cn3cccn3)cc2)cc1. The first kappa shape index (κ1) is 18.9. The van der Waals surface area contributed by atoms with Crippen LogP contribution < -0.4 is 5.32 Å². The number of unbranched alkanes of at least 4 members (excludes halogenated alkanes) is 1. The summed E-state index contributed by atoms with van der Waals surface area (Å²) < 4.78 is 1.89. The van der Waals surface area contributed by atoms with Gasteiger partial charge in [0.05, 0.1) is 13.0 Å². The number of carbonyl (C=O) groups is 1. The van der Waals surface area contributed by atoms with E-state index in [9.17, 15) is 4.79 Å². The van der Waals surface area contributed by atoms with Crippen molar-refractivity contribution in [3.63, 3.8) is 0 Å². The van der Waals surface area contributed by atoms with E-state index in [0.717, 1.165) is 24.1 Å². The van der Waals surface area contributed by atoms with E-state index in [1.807, 2.05) is 16.9 Å². The zero-order chi connectivity index (χ0) is 18.9. The van der Waals surface area contributed by atoms with E-state index in [2.05, 4.69) is 65.9 Å². The van der Waals surface area contributed by atoms with Gasteiger partial charge in [0.15, 0.2) is 0 Å². The van der Waals surface area contributed by atoms with Gasteiger partial charge in [-0.3, -0.25) is 9.48 Å². The van der Waals surface area contributed by atoms with Crippen LogP contribution in [-0.2, 0) is 30.7 Å². The third kappa shape index (κ3) is 6.10. The van der Waals surface area contributed by atoms with Gasteiger partial charge in [-0.25, -0.2) is 0 Å². The fraction of sp³-hybridized carbons (Fsp3) is 0.304. The van der Waals surface area contributed by atoms with E-state index in [0.29, 0.717) is 13.0 Å². The van der Waals surface area contributed by atoms with Crippen molar-refractivity contribution in [2.45, 2.75) is 45.7 Å². The molecule has 1 heterocycles. The molecular formula is C23H27N3O. The van der Waals surface area contributed by atoms with Crippen molar-refractivity contribution in [3.8, 4) is 0 Å². The molecule has 3 rings (SSSR count). The summed E-state index contributed by atoms with van der Waals surface area (Å²) in [5.41, 5.74) is 4.69. The molecule has 1 amide bonds. The molecule has 2 aromatic carbocycles. The lowest BCUT2D eigenvalue weighted by Gasteiger charge is -2.08. The minimum absolute atomic E-state index is 0.0527. The number of hydrogen-bond donors (Lipinski definition) is 1. The van der Waals surface area contributed by atoms with Gasteiger partial charge in [0.25, 0.3) is 0 Å². The summed E-state index contributed by atoms with van der Waals surface area (Å²) >= 11 is 0. The normalized spacial score (nSPS) is 10.7. The molecule has 1 aromatic heterocycles. The number of aromatic nitrogens is 2. The van der Waals surface area contributed by atoms with E-state index < -0.39 is 0 Å². The number of benzene rings is 2. The molecule has 0 radical (unpaired) electrons. The average Bonchev–Trinajstić information content (AvgIpc) is 3.20. The first-order valence-electron chi connectivity index (χ1n) is 9.62. The lowest BCUT2D eigenvalue weighted by Crippen LogP contribution is -2.24. The van der Waals surface area contributed by atoms with Crippen LogP contribution in [0.15, 0.2) is 67.0 Å². The van der Waals surface area contributed by atoms with E-state index in [-0.39, 0.29) is 5.91 Å². The van der Waals surface area contributed by atoms with Crippen LogP contribution in [0.2, 0.25) is 0 Å². The van der Waals surface area contributed by atoms with Crippen molar-refractivity contribution in [2.24, 2.45) is 0 Å². The maximum absolute atomic E-state index is 12.2. The molecule has 0 aliphatic carbocycles. The van der Waals surface area contributed by atoms with Crippen LogP contribution in [0, 0.1) is 0 Å². The van der Waals surface area contributed by atoms with Crippen molar-refractivity contribution in [1.82, 2.24) is 15.1 Å². The van der Waals surface area contributed by atoms with Crippen LogP contribution in [0.25, 0.3) is 0 Å². The maximum Gasteiger partial charge on any atom is 0.224 e. The number of carbonyl (C=O) groups excluding carboxylic acids is 1. The Hall–Kier alpha value is -2.88. The highest BCUT2D eigenvalue weighted by Crippen LogP contribution is 2.09. The molecule has 0 atom stereocenters. The van der Waals surface area contributed by atoms with E-state index >= 15 is 0 Å². The van der Waals surface area contributed by atoms with Gasteiger partial charge in [-0.2, -0.15) is 5.10 Å². The molecule has 0 unspecified atom stereocenters. The molecule has 0 fully saturated rings. The maximum atomic E-state index is 12.2. The number of rotatable bonds is 9. The largest absolute Gasteiger partial charge is 0.352 e. The number of hydrogen-bond acceptors (Lipinski definition) is 2. The average molecular weight is 361 g/mol. The molecule has 4 heteroatoms. The Morgan fingerprint density at radius 3 is 2.30 bits per heavy atom. The van der Waals surface area contributed by atoms with Crippen molar-refractivity contribution in [2.75, 3.05) is 0 Å². The van der Waals surface area contributed by atoms with Gasteiger partial charge in [-0.05, 0) is 41.2 Å². The Bertz CT molecular complexity index is 821. The highest BCUT2D eigenvalue weighted by atomic mass is 16.1. The number of nitrogens with one attached hydrogen (secondary N) is 1. The summed E-state index contributed by atoms with van der Waals surface area (Å²) in [7, 11) is 0. The quantitative estimate of drug-likeness (QED) is 0.623. The summed E-state index contributed by atoms with van der Waals surface area (Å²) in [5.74, 6) is 0.0527. The van der Waals surface area contributed by atoms with Crippen LogP contribution in [0.4, 0.5) is 0 Å². The minimum atomic E-state index is 0.0527. The molecule has 140 valence electrons. The predicted molar refractivity (Wildman–Crippen MR) is 108 cm³/mol. The van der Waals surface area contributed by atoms with Gasteiger partial charge in [-0.15, -0.1) is 0 Å². The molecule has 0 saturated heterocycles. The van der Waals surface area contributed by atoms with E-state index in [1.54, 1.807) is 6.20 Å². The van der Waals surface area contributed by atoms with Crippen LogP contribution in [0.5, 0.6) is 0 Å². The van der Waals surface area contributed by atoms with Gasteiger partial charge in [0.1, 0.15) is 0 Å². The molecule has 4 nitrogen and oxygen atoms in total. The molecule has 3 aromatic rings. The topological polar surface area (TPSA) is 46.9 Å². The highest BCUT2D eigenvalue weighted by molar-refractivity contribution is 5.78. The Kier molecular flexibility index (Phi) is 6.80. The summed E-state index contributed by atoms with van der Waals surface area (Å²) in [6.45, 7) is 3.51. The van der Waals surface area contributed by atoms with Crippen LogP contribution >= 0.6 is 0 Å². The lowest BCUT2D eigenvalue weighted by molar-refractivity contribution is -0.120. The van der Waals surface area contributed by atoms with Crippen molar-refractivity contribution >= 4 is 5.91 Å². The van der Waals surface area contributed by atoms with Crippen LogP contribution in [0.3, 0.4) is 0 Å². The molecule has 0 aliphatic heterocycles. The second-order valence-electron chi connectivity index (χ2n) is 6.89. The van der Waals surface area contributed by atoms with Crippen molar-refractivity contribution < 1.29 is 4.79 Å². The third-order valence-corrected chi connectivity index (χ3v) is 4.62. The highest BCUT2D eigenvalue weighted by Gasteiger charge is 2.04. The van der Waals surface area contributed by atoms with E-state index in [1.165, 1.54) is 24.0 Å². The Morgan fingerprint density at radius 1 is 0.963 bits per heavy atom. The van der Waals surface area contributed by atoms with Crippen molar-refractivity contribution in [1.29, 1.82) is 0 Å². The number of amides is 1. The summed E-state index contributed by atoms with van der Waals surface area (Å²) in [6, 6.07) is 18.6. The second-order valence-corrected chi connectivity index (χ2v) is 6.89. The molecule has 0 saturated carbocycles. The zero-order valence-electron chi connectivity index (χ0n) is 15.9. The zero-order valence-corrected chi connectivity index (χ0v) is 15.9. The van der Waals surface area contributed by atoms with E-state index in [4.69, 9.17) is 0 Å². The third-order valence-electron chi connectivity index (χ3n) is 4.62. The van der Waals surface area contributed by atoms with Crippen molar-refractivity contribution in [3.05, 3.63) is 89.2 Å². The molecule has 0 aliphatic rings. The Morgan fingerprint density at radius 2 is 1.63 bits per heavy atom. The number of nitrogens with zero attached hydrogens (tertiary/aromatic N) is 2. The molecule has 27 heavy (non-hydrogen) atoms.